The van der Waals surface area contributed by atoms with Gasteiger partial charge in [-0.25, -0.2) is 0 Å². The number of carbonyl (C=O) groups excluding carboxylic acids is 2. The molecule has 0 aromatic heterocycles. The van der Waals surface area contributed by atoms with Crippen LogP contribution in [0.5, 0.6) is 5.75 Å². The minimum atomic E-state index is -0.549. The van der Waals surface area contributed by atoms with Crippen LogP contribution in [0.1, 0.15) is 48.9 Å². The summed E-state index contributed by atoms with van der Waals surface area (Å²) in [6.07, 6.45) is 1.93. The summed E-state index contributed by atoms with van der Waals surface area (Å²) in [4.78, 5) is 27.6. The smallest absolute Gasteiger partial charge is 0.242 e. The highest BCUT2D eigenvalue weighted by Crippen LogP contribution is 2.19. The topological polar surface area (TPSA) is 58.6 Å². The number of ether oxygens (including phenoxy) is 1. The molecule has 0 bridgehead atoms. The van der Waals surface area contributed by atoms with Gasteiger partial charge >= 0.3 is 0 Å². The van der Waals surface area contributed by atoms with Gasteiger partial charge in [-0.2, -0.15) is 0 Å². The van der Waals surface area contributed by atoms with Crippen molar-refractivity contribution in [2.24, 2.45) is 0 Å². The summed E-state index contributed by atoms with van der Waals surface area (Å²) in [5.74, 6) is 1.66. The summed E-state index contributed by atoms with van der Waals surface area (Å²) in [6, 6.07) is 13.5. The number of nitrogens with one attached hydrogen (secondary N) is 1. The number of hydrogen-bond acceptors (Lipinski definition) is 4. The van der Waals surface area contributed by atoms with Crippen LogP contribution >= 0.6 is 11.8 Å². The Hall–Kier alpha value is -2.47. The summed E-state index contributed by atoms with van der Waals surface area (Å²) in [5.41, 5.74) is 4.60. The second kappa shape index (κ2) is 13.2. The van der Waals surface area contributed by atoms with Crippen molar-refractivity contribution >= 4 is 23.6 Å². The second-order valence-corrected chi connectivity index (χ2v) is 9.17. The van der Waals surface area contributed by atoms with Gasteiger partial charge in [0.05, 0.1) is 12.9 Å². The number of unbranched alkanes of at least 4 members (excludes halogenated alkanes) is 1. The predicted molar refractivity (Wildman–Crippen MR) is 133 cm³/mol. The molecule has 1 atom stereocenters. The van der Waals surface area contributed by atoms with E-state index in [2.05, 4.69) is 44.3 Å². The molecule has 0 aliphatic carbocycles. The van der Waals surface area contributed by atoms with E-state index >= 15 is 0 Å². The Bertz CT molecular complexity index is 880. The van der Waals surface area contributed by atoms with E-state index in [1.165, 1.54) is 16.7 Å². The van der Waals surface area contributed by atoms with E-state index in [-0.39, 0.29) is 11.8 Å². The highest BCUT2D eigenvalue weighted by Gasteiger charge is 2.26. The van der Waals surface area contributed by atoms with Crippen molar-refractivity contribution in [1.82, 2.24) is 10.2 Å². The normalized spacial score (nSPS) is 11.7. The van der Waals surface area contributed by atoms with Crippen molar-refractivity contribution in [3.8, 4) is 5.75 Å². The van der Waals surface area contributed by atoms with Crippen molar-refractivity contribution in [3.05, 3.63) is 64.7 Å². The van der Waals surface area contributed by atoms with Crippen LogP contribution in [0.15, 0.2) is 42.5 Å². The van der Waals surface area contributed by atoms with Crippen LogP contribution in [0.2, 0.25) is 0 Å². The molecule has 2 rings (SSSR count). The Morgan fingerprint density at radius 1 is 1.09 bits per heavy atom. The molecule has 0 radical (unpaired) electrons. The average Bonchev–Trinajstić information content (AvgIpc) is 2.76. The van der Waals surface area contributed by atoms with Crippen molar-refractivity contribution in [1.29, 1.82) is 0 Å². The molecule has 2 aromatic carbocycles. The molecule has 0 fully saturated rings. The highest BCUT2D eigenvalue weighted by atomic mass is 32.2. The lowest BCUT2D eigenvalue weighted by atomic mass is 10.1. The van der Waals surface area contributed by atoms with Crippen LogP contribution in [0.25, 0.3) is 0 Å². The SMILES string of the molecule is CCCCNC(=O)[C@@H](C)N(Cc1cccc(OC)c1)C(=O)CSCc1cc(C)cc(C)c1. The highest BCUT2D eigenvalue weighted by molar-refractivity contribution is 7.99. The summed E-state index contributed by atoms with van der Waals surface area (Å²) < 4.78 is 5.32. The number of nitrogens with zero attached hydrogens (tertiary/aromatic N) is 1. The number of amides is 2. The molecule has 0 aliphatic heterocycles. The number of methoxy groups -OCH3 is 1. The first-order valence-corrected chi connectivity index (χ1v) is 12.3. The molecule has 0 saturated heterocycles. The Morgan fingerprint density at radius 3 is 2.47 bits per heavy atom. The van der Waals surface area contributed by atoms with Gasteiger partial charge in [0.25, 0.3) is 0 Å². The fraction of sp³-hybridized carbons (Fsp3) is 0.462. The summed E-state index contributed by atoms with van der Waals surface area (Å²) in [7, 11) is 1.62. The van der Waals surface area contributed by atoms with E-state index in [4.69, 9.17) is 4.74 Å². The number of rotatable bonds is 12. The number of hydrogen-bond donors (Lipinski definition) is 1. The lowest BCUT2D eigenvalue weighted by Crippen LogP contribution is -2.48. The lowest BCUT2D eigenvalue weighted by molar-refractivity contribution is -0.138. The molecule has 32 heavy (non-hydrogen) atoms. The Morgan fingerprint density at radius 2 is 1.81 bits per heavy atom. The molecule has 0 heterocycles. The maximum atomic E-state index is 13.2. The minimum absolute atomic E-state index is 0.0414. The first-order valence-electron chi connectivity index (χ1n) is 11.2. The number of thioether (sulfide) groups is 1. The minimum Gasteiger partial charge on any atom is -0.497 e. The zero-order valence-electron chi connectivity index (χ0n) is 19.9. The van der Waals surface area contributed by atoms with Gasteiger partial charge in [-0.3, -0.25) is 9.59 Å². The van der Waals surface area contributed by atoms with Crippen molar-refractivity contribution in [2.75, 3.05) is 19.4 Å². The Kier molecular flexibility index (Phi) is 10.6. The molecule has 1 N–H and O–H groups in total. The fourth-order valence-corrected chi connectivity index (χ4v) is 4.42. The Labute approximate surface area is 196 Å². The quantitative estimate of drug-likeness (QED) is 0.463. The first-order chi connectivity index (χ1) is 15.3. The van der Waals surface area contributed by atoms with E-state index in [0.717, 1.165) is 29.9 Å². The van der Waals surface area contributed by atoms with Crippen molar-refractivity contribution < 1.29 is 14.3 Å². The third-order valence-corrected chi connectivity index (χ3v) is 6.25. The monoisotopic (exact) mass is 456 g/mol. The molecular formula is C26H36N2O3S. The van der Waals surface area contributed by atoms with Gasteiger partial charge in [0.2, 0.25) is 11.8 Å². The van der Waals surface area contributed by atoms with Gasteiger partial charge in [-0.05, 0) is 50.5 Å². The van der Waals surface area contributed by atoms with Crippen LogP contribution in [-0.2, 0) is 21.9 Å². The molecule has 0 aliphatic rings. The van der Waals surface area contributed by atoms with Crippen LogP contribution in [-0.4, -0.2) is 42.2 Å². The molecule has 5 nitrogen and oxygen atoms in total. The summed E-state index contributed by atoms with van der Waals surface area (Å²) in [5, 5.41) is 2.96. The van der Waals surface area contributed by atoms with Gasteiger partial charge in [-0.1, -0.05) is 54.8 Å². The van der Waals surface area contributed by atoms with E-state index in [0.29, 0.717) is 18.8 Å². The second-order valence-electron chi connectivity index (χ2n) is 8.18. The predicted octanol–water partition coefficient (Wildman–Crippen LogP) is 4.88. The third kappa shape index (κ3) is 8.23. The maximum absolute atomic E-state index is 13.2. The zero-order chi connectivity index (χ0) is 23.5. The largest absolute Gasteiger partial charge is 0.497 e. The Balaban J connectivity index is 2.08. The first kappa shape index (κ1) is 25.8. The van der Waals surface area contributed by atoms with Gasteiger partial charge in [0, 0.05) is 18.8 Å². The van der Waals surface area contributed by atoms with Gasteiger partial charge in [0.1, 0.15) is 11.8 Å². The standard InChI is InChI=1S/C26H36N2O3S/c1-6-7-11-27-26(30)21(4)28(16-22-9-8-10-24(15-22)31-5)25(29)18-32-17-23-13-19(2)12-20(3)14-23/h8-10,12-15,21H,6-7,11,16-18H2,1-5H3,(H,27,30)/t21-/m1/s1. The van der Waals surface area contributed by atoms with Gasteiger partial charge in [-0.15, -0.1) is 11.8 Å². The van der Waals surface area contributed by atoms with Crippen LogP contribution in [0.3, 0.4) is 0 Å². The van der Waals surface area contributed by atoms with Crippen LogP contribution in [0, 0.1) is 13.8 Å². The summed E-state index contributed by atoms with van der Waals surface area (Å²) in [6.45, 7) is 9.04. The van der Waals surface area contributed by atoms with Crippen molar-refractivity contribution in [3.63, 3.8) is 0 Å². The zero-order valence-corrected chi connectivity index (χ0v) is 20.8. The van der Waals surface area contributed by atoms with E-state index in [9.17, 15) is 9.59 Å². The molecule has 0 saturated carbocycles. The maximum Gasteiger partial charge on any atom is 0.242 e. The molecule has 6 heteroatoms. The lowest BCUT2D eigenvalue weighted by Gasteiger charge is -2.29. The average molecular weight is 457 g/mol. The number of aryl methyl sites for hydroxylation is 2. The molecule has 0 unspecified atom stereocenters. The van der Waals surface area contributed by atoms with Gasteiger partial charge < -0.3 is 15.0 Å². The molecule has 2 aromatic rings. The molecular weight excluding hydrogens is 420 g/mol. The molecule has 0 spiro atoms. The van der Waals surface area contributed by atoms with Crippen molar-refractivity contribution in [2.45, 2.75) is 58.9 Å². The fourth-order valence-electron chi connectivity index (χ4n) is 3.58. The number of benzene rings is 2. The summed E-state index contributed by atoms with van der Waals surface area (Å²) >= 11 is 1.58. The van der Waals surface area contributed by atoms with E-state index in [1.807, 2.05) is 24.3 Å². The van der Waals surface area contributed by atoms with Crippen LogP contribution < -0.4 is 10.1 Å². The van der Waals surface area contributed by atoms with E-state index in [1.54, 1.807) is 30.7 Å². The van der Waals surface area contributed by atoms with E-state index < -0.39 is 6.04 Å². The third-order valence-electron chi connectivity index (χ3n) is 5.26. The van der Waals surface area contributed by atoms with Gasteiger partial charge in [0.15, 0.2) is 0 Å². The number of carbonyl (C=O) groups is 2. The van der Waals surface area contributed by atoms with Crippen LogP contribution in [0.4, 0.5) is 0 Å². The molecule has 2 amide bonds. The molecule has 174 valence electrons.